The van der Waals surface area contributed by atoms with Crippen LogP contribution in [0.4, 0.5) is 0 Å². The highest BCUT2D eigenvalue weighted by molar-refractivity contribution is 7.07. The molecule has 1 saturated carbocycles. The van der Waals surface area contributed by atoms with Crippen molar-refractivity contribution in [2.75, 3.05) is 13.1 Å². The van der Waals surface area contributed by atoms with E-state index in [0.717, 1.165) is 31.5 Å². The lowest BCUT2D eigenvalue weighted by atomic mass is 9.82. The van der Waals surface area contributed by atoms with Crippen LogP contribution in [0.5, 0.6) is 0 Å². The minimum absolute atomic E-state index is 0.787. The summed E-state index contributed by atoms with van der Waals surface area (Å²) >= 11 is 1.66. The fourth-order valence-electron chi connectivity index (χ4n) is 2.40. The summed E-state index contributed by atoms with van der Waals surface area (Å²) in [5.74, 6) is 1.64. The summed E-state index contributed by atoms with van der Waals surface area (Å²) in [6, 6.07) is 0. The lowest BCUT2D eigenvalue weighted by molar-refractivity contribution is 0.272. The summed E-state index contributed by atoms with van der Waals surface area (Å²) in [5, 5.41) is 5.61. The number of nitrogens with one attached hydrogen (secondary N) is 1. The Balaban J connectivity index is 1.60. The van der Waals surface area contributed by atoms with Crippen LogP contribution in [0.2, 0.25) is 0 Å². The third-order valence-corrected chi connectivity index (χ3v) is 4.16. The topological polar surface area (TPSA) is 50.9 Å². The van der Waals surface area contributed by atoms with E-state index in [4.69, 9.17) is 5.73 Å². The van der Waals surface area contributed by atoms with Gasteiger partial charge in [0.2, 0.25) is 0 Å². The SMILES string of the molecule is NCC1CCC(CNCc2cscn2)CC1. The second-order valence-corrected chi connectivity index (χ2v) is 5.45. The van der Waals surface area contributed by atoms with Gasteiger partial charge < -0.3 is 11.1 Å². The van der Waals surface area contributed by atoms with E-state index in [-0.39, 0.29) is 0 Å². The first-order chi connectivity index (χ1) is 7.88. The molecule has 4 heteroatoms. The predicted molar refractivity (Wildman–Crippen MR) is 68.3 cm³/mol. The standard InChI is InChI=1S/C12H21N3S/c13-5-10-1-3-11(4-2-10)6-14-7-12-8-16-9-15-12/h8-11,14H,1-7,13H2. The van der Waals surface area contributed by atoms with Crippen LogP contribution in [0.1, 0.15) is 31.4 Å². The number of aromatic nitrogens is 1. The zero-order valence-corrected chi connectivity index (χ0v) is 10.5. The molecular weight excluding hydrogens is 218 g/mol. The minimum atomic E-state index is 0.787. The van der Waals surface area contributed by atoms with Crippen molar-refractivity contribution in [1.29, 1.82) is 0 Å². The van der Waals surface area contributed by atoms with E-state index in [1.165, 1.54) is 31.4 Å². The Morgan fingerprint density at radius 1 is 1.31 bits per heavy atom. The molecule has 90 valence electrons. The Bertz CT molecular complexity index is 278. The summed E-state index contributed by atoms with van der Waals surface area (Å²) < 4.78 is 0. The fourth-order valence-corrected chi connectivity index (χ4v) is 2.96. The van der Waals surface area contributed by atoms with Gasteiger partial charge in [0.25, 0.3) is 0 Å². The minimum Gasteiger partial charge on any atom is -0.330 e. The van der Waals surface area contributed by atoms with Crippen LogP contribution in [-0.2, 0) is 6.54 Å². The number of hydrogen-bond donors (Lipinski definition) is 2. The van der Waals surface area contributed by atoms with Crippen molar-refractivity contribution in [3.8, 4) is 0 Å². The van der Waals surface area contributed by atoms with E-state index < -0.39 is 0 Å². The van der Waals surface area contributed by atoms with Gasteiger partial charge in [-0.1, -0.05) is 0 Å². The van der Waals surface area contributed by atoms with E-state index in [2.05, 4.69) is 15.7 Å². The van der Waals surface area contributed by atoms with Gasteiger partial charge >= 0.3 is 0 Å². The van der Waals surface area contributed by atoms with Gasteiger partial charge in [0, 0.05) is 11.9 Å². The van der Waals surface area contributed by atoms with Crippen LogP contribution >= 0.6 is 11.3 Å². The van der Waals surface area contributed by atoms with Crippen molar-refractivity contribution in [2.45, 2.75) is 32.2 Å². The average molecular weight is 239 g/mol. The average Bonchev–Trinajstić information content (AvgIpc) is 2.83. The van der Waals surface area contributed by atoms with Crippen molar-refractivity contribution >= 4 is 11.3 Å². The molecule has 0 saturated heterocycles. The van der Waals surface area contributed by atoms with Crippen LogP contribution in [0.25, 0.3) is 0 Å². The van der Waals surface area contributed by atoms with Gasteiger partial charge in [-0.3, -0.25) is 0 Å². The molecule has 1 aliphatic rings. The third-order valence-electron chi connectivity index (χ3n) is 3.52. The molecule has 1 aromatic rings. The van der Waals surface area contributed by atoms with Gasteiger partial charge in [-0.25, -0.2) is 4.98 Å². The van der Waals surface area contributed by atoms with Gasteiger partial charge in [0.05, 0.1) is 11.2 Å². The molecule has 0 unspecified atom stereocenters. The maximum atomic E-state index is 5.69. The highest BCUT2D eigenvalue weighted by atomic mass is 32.1. The number of nitrogens with two attached hydrogens (primary N) is 1. The van der Waals surface area contributed by atoms with E-state index in [1.54, 1.807) is 11.3 Å². The summed E-state index contributed by atoms with van der Waals surface area (Å²) in [4.78, 5) is 4.26. The summed E-state index contributed by atoms with van der Waals surface area (Å²) in [5.41, 5.74) is 8.75. The molecule has 1 aliphatic carbocycles. The maximum absolute atomic E-state index is 5.69. The monoisotopic (exact) mass is 239 g/mol. The second kappa shape index (κ2) is 6.33. The van der Waals surface area contributed by atoms with Crippen LogP contribution < -0.4 is 11.1 Å². The molecule has 0 radical (unpaired) electrons. The van der Waals surface area contributed by atoms with E-state index >= 15 is 0 Å². The van der Waals surface area contributed by atoms with E-state index in [9.17, 15) is 0 Å². The molecule has 3 N–H and O–H groups in total. The van der Waals surface area contributed by atoms with Crippen molar-refractivity contribution in [3.05, 3.63) is 16.6 Å². The normalized spacial score (nSPS) is 25.8. The van der Waals surface area contributed by atoms with Gasteiger partial charge in [0.1, 0.15) is 0 Å². The van der Waals surface area contributed by atoms with Crippen LogP contribution in [0, 0.1) is 11.8 Å². The molecular formula is C12H21N3S. The number of thiazole rings is 1. The van der Waals surface area contributed by atoms with Crippen molar-refractivity contribution in [2.24, 2.45) is 17.6 Å². The molecule has 0 aliphatic heterocycles. The molecule has 0 atom stereocenters. The largest absolute Gasteiger partial charge is 0.330 e. The summed E-state index contributed by atoms with van der Waals surface area (Å²) in [6.45, 7) is 2.92. The first kappa shape index (κ1) is 12.0. The number of rotatable bonds is 5. The molecule has 16 heavy (non-hydrogen) atoms. The first-order valence-corrected chi connectivity index (χ1v) is 7.10. The first-order valence-electron chi connectivity index (χ1n) is 6.16. The van der Waals surface area contributed by atoms with Gasteiger partial charge in [0.15, 0.2) is 0 Å². The van der Waals surface area contributed by atoms with Gasteiger partial charge in [-0.05, 0) is 50.6 Å². The second-order valence-electron chi connectivity index (χ2n) is 4.73. The zero-order chi connectivity index (χ0) is 11.2. The van der Waals surface area contributed by atoms with Crippen LogP contribution in [0.3, 0.4) is 0 Å². The Labute approximate surface area is 101 Å². The molecule has 0 aromatic carbocycles. The Hall–Kier alpha value is -0.450. The van der Waals surface area contributed by atoms with E-state index in [1.807, 2.05) is 5.51 Å². The number of hydrogen-bond acceptors (Lipinski definition) is 4. The smallest absolute Gasteiger partial charge is 0.0795 e. The van der Waals surface area contributed by atoms with Gasteiger partial charge in [-0.2, -0.15) is 0 Å². The summed E-state index contributed by atoms with van der Waals surface area (Å²) in [7, 11) is 0. The highest BCUT2D eigenvalue weighted by Crippen LogP contribution is 2.27. The molecule has 1 fully saturated rings. The van der Waals surface area contributed by atoms with Crippen molar-refractivity contribution in [3.63, 3.8) is 0 Å². The maximum Gasteiger partial charge on any atom is 0.0795 e. The Kier molecular flexibility index (Phi) is 4.75. The lowest BCUT2D eigenvalue weighted by Gasteiger charge is -2.27. The van der Waals surface area contributed by atoms with Crippen LogP contribution in [-0.4, -0.2) is 18.1 Å². The number of nitrogens with zero attached hydrogens (tertiary/aromatic N) is 1. The lowest BCUT2D eigenvalue weighted by Crippen LogP contribution is -2.28. The van der Waals surface area contributed by atoms with Crippen molar-refractivity contribution in [1.82, 2.24) is 10.3 Å². The molecule has 1 aromatic heterocycles. The molecule has 2 rings (SSSR count). The Morgan fingerprint density at radius 2 is 2.06 bits per heavy atom. The Morgan fingerprint density at radius 3 is 2.69 bits per heavy atom. The van der Waals surface area contributed by atoms with E-state index in [0.29, 0.717) is 0 Å². The van der Waals surface area contributed by atoms with Crippen LogP contribution in [0.15, 0.2) is 10.9 Å². The molecule has 0 amide bonds. The molecule has 0 bridgehead atoms. The third kappa shape index (κ3) is 3.54. The molecule has 3 nitrogen and oxygen atoms in total. The highest BCUT2D eigenvalue weighted by Gasteiger charge is 2.19. The quantitative estimate of drug-likeness (QED) is 0.826. The fraction of sp³-hybridized carbons (Fsp3) is 0.750. The molecule has 1 heterocycles. The summed E-state index contributed by atoms with van der Waals surface area (Å²) in [6.07, 6.45) is 5.32. The van der Waals surface area contributed by atoms with Crippen molar-refractivity contribution < 1.29 is 0 Å². The predicted octanol–water partition coefficient (Wildman–Crippen LogP) is 2.00. The zero-order valence-electron chi connectivity index (χ0n) is 9.69. The molecule has 0 spiro atoms. The van der Waals surface area contributed by atoms with Gasteiger partial charge in [-0.15, -0.1) is 11.3 Å².